The van der Waals surface area contributed by atoms with Crippen molar-refractivity contribution in [1.29, 1.82) is 0 Å². The zero-order valence-corrected chi connectivity index (χ0v) is 22.5. The second-order valence-electron chi connectivity index (χ2n) is 10.0. The lowest BCUT2D eigenvalue weighted by Gasteiger charge is -2.36. The number of carbonyl (C=O) groups is 3. The molecule has 1 aromatic rings. The number of phenolic OH excluding ortho intramolecular Hbond substituents is 1. The van der Waals surface area contributed by atoms with Crippen molar-refractivity contribution in [2.75, 3.05) is 13.1 Å². The molecule has 0 aliphatic carbocycles. The van der Waals surface area contributed by atoms with Gasteiger partial charge in [0.05, 0.1) is 0 Å². The minimum atomic E-state index is -0.940. The molecule has 3 N–H and O–H groups in total. The number of hydrogen-bond acceptors (Lipinski definition) is 5. The topological polar surface area (TPSA) is 108 Å². The Morgan fingerprint density at radius 3 is 2.29 bits per heavy atom. The lowest BCUT2D eigenvalue weighted by molar-refractivity contribution is -0.143. The van der Waals surface area contributed by atoms with Crippen molar-refractivity contribution in [3.05, 3.63) is 29.8 Å². The Morgan fingerprint density at radius 2 is 1.74 bits per heavy atom. The molecule has 3 atom stereocenters. The van der Waals surface area contributed by atoms with Gasteiger partial charge in [0.2, 0.25) is 11.8 Å². The zero-order chi connectivity index (χ0) is 26.6. The minimum absolute atomic E-state index is 0.0158. The molecule has 0 saturated carbocycles. The normalized spacial score (nSPS) is 13.9. The van der Waals surface area contributed by atoms with Crippen molar-refractivity contribution in [2.24, 2.45) is 5.92 Å². The summed E-state index contributed by atoms with van der Waals surface area (Å²) in [5, 5.41) is 15.8. The quantitative estimate of drug-likeness (QED) is 0.340. The Hall–Kier alpha value is -2.77. The molecule has 0 heterocycles. The van der Waals surface area contributed by atoms with Crippen molar-refractivity contribution in [3.8, 4) is 5.75 Å². The molecule has 0 aliphatic heterocycles. The molecule has 8 nitrogen and oxygen atoms in total. The van der Waals surface area contributed by atoms with Crippen LogP contribution in [0.5, 0.6) is 5.75 Å². The second-order valence-corrected chi connectivity index (χ2v) is 10.0. The number of phenols is 1. The van der Waals surface area contributed by atoms with Gasteiger partial charge >= 0.3 is 6.09 Å². The Bertz CT molecular complexity index is 821. The van der Waals surface area contributed by atoms with Gasteiger partial charge in [-0.15, -0.1) is 0 Å². The molecule has 1 rings (SSSR count). The Kier molecular flexibility index (Phi) is 12.6. The summed E-state index contributed by atoms with van der Waals surface area (Å²) in [5.41, 5.74) is -0.193. The first-order valence-corrected chi connectivity index (χ1v) is 12.8. The van der Waals surface area contributed by atoms with Crippen LogP contribution in [-0.4, -0.2) is 52.6 Å². The summed E-state index contributed by atoms with van der Waals surface area (Å²) in [4.78, 5) is 41.6. The number of rotatable bonds is 13. The highest BCUT2D eigenvalue weighted by Crippen LogP contribution is 2.27. The average molecular weight is 492 g/mol. The summed E-state index contributed by atoms with van der Waals surface area (Å²) in [6.07, 6.45) is 3.22. The van der Waals surface area contributed by atoms with Gasteiger partial charge in [-0.25, -0.2) is 4.79 Å². The molecule has 0 bridgehead atoms. The van der Waals surface area contributed by atoms with Crippen LogP contribution < -0.4 is 10.6 Å². The van der Waals surface area contributed by atoms with Gasteiger partial charge in [-0.2, -0.15) is 0 Å². The predicted octanol–water partition coefficient (Wildman–Crippen LogP) is 4.92. The van der Waals surface area contributed by atoms with Gasteiger partial charge in [-0.1, -0.05) is 59.1 Å². The number of alkyl carbamates (subject to hydrolysis) is 1. The molecule has 35 heavy (non-hydrogen) atoms. The van der Waals surface area contributed by atoms with E-state index in [4.69, 9.17) is 4.74 Å². The molecule has 198 valence electrons. The Labute approximate surface area is 210 Å². The van der Waals surface area contributed by atoms with E-state index in [2.05, 4.69) is 10.6 Å². The summed E-state index contributed by atoms with van der Waals surface area (Å²) in [6, 6.07) is 4.62. The summed E-state index contributed by atoms with van der Waals surface area (Å²) in [6.45, 7) is 14.0. The van der Waals surface area contributed by atoms with Crippen molar-refractivity contribution in [3.63, 3.8) is 0 Å². The molecule has 3 amide bonds. The van der Waals surface area contributed by atoms with E-state index in [9.17, 15) is 19.5 Å². The van der Waals surface area contributed by atoms with Crippen molar-refractivity contribution >= 4 is 17.9 Å². The van der Waals surface area contributed by atoms with Crippen LogP contribution >= 0.6 is 0 Å². The van der Waals surface area contributed by atoms with Crippen LogP contribution in [-0.2, 0) is 14.3 Å². The summed E-state index contributed by atoms with van der Waals surface area (Å²) >= 11 is 0. The number of hydrogen-bond donors (Lipinski definition) is 3. The lowest BCUT2D eigenvalue weighted by Crippen LogP contribution is -2.55. The monoisotopic (exact) mass is 491 g/mol. The van der Waals surface area contributed by atoms with Crippen molar-refractivity contribution < 1.29 is 24.2 Å². The molecule has 8 heteroatoms. The van der Waals surface area contributed by atoms with Crippen molar-refractivity contribution in [1.82, 2.24) is 15.5 Å². The fourth-order valence-corrected chi connectivity index (χ4v) is 3.64. The standard InChI is InChI=1S/C27H45N3O5/c1-8-11-16-28-24(32)23(20-14-13-15-21(31)18-20)30(17-12-9-2)25(33)22(19(4)10-3)29-26(34)35-27(5,6)7/h13-15,18-19,22-23,31H,8-12,16-17H2,1-7H3,(H,28,32)(H,29,34). The van der Waals surface area contributed by atoms with Gasteiger partial charge in [0.1, 0.15) is 23.4 Å². The number of amides is 3. The van der Waals surface area contributed by atoms with Gasteiger partial charge in [0.25, 0.3) is 0 Å². The molecule has 0 aliphatic rings. The van der Waals surface area contributed by atoms with Crippen LogP contribution in [0.25, 0.3) is 0 Å². The maximum Gasteiger partial charge on any atom is 0.408 e. The van der Waals surface area contributed by atoms with E-state index in [1.165, 1.54) is 17.0 Å². The van der Waals surface area contributed by atoms with E-state index in [-0.39, 0.29) is 23.5 Å². The Morgan fingerprint density at radius 1 is 1.09 bits per heavy atom. The third-order valence-corrected chi connectivity index (χ3v) is 5.76. The average Bonchev–Trinajstić information content (AvgIpc) is 2.78. The van der Waals surface area contributed by atoms with E-state index in [1.807, 2.05) is 27.7 Å². The van der Waals surface area contributed by atoms with Crippen LogP contribution in [0.15, 0.2) is 24.3 Å². The minimum Gasteiger partial charge on any atom is -0.508 e. The molecule has 0 fully saturated rings. The molecule has 0 spiro atoms. The van der Waals surface area contributed by atoms with E-state index < -0.39 is 23.8 Å². The number of aromatic hydroxyl groups is 1. The number of nitrogens with one attached hydrogen (secondary N) is 2. The number of nitrogens with zero attached hydrogens (tertiary/aromatic N) is 1. The van der Waals surface area contributed by atoms with E-state index in [0.29, 0.717) is 31.5 Å². The number of ether oxygens (including phenoxy) is 1. The van der Waals surface area contributed by atoms with E-state index in [1.54, 1.807) is 32.9 Å². The first-order valence-electron chi connectivity index (χ1n) is 12.8. The smallest absolute Gasteiger partial charge is 0.408 e. The second kappa shape index (κ2) is 14.6. The third-order valence-electron chi connectivity index (χ3n) is 5.76. The Balaban J connectivity index is 3.44. The highest BCUT2D eigenvalue weighted by molar-refractivity contribution is 5.92. The maximum absolute atomic E-state index is 14.0. The highest BCUT2D eigenvalue weighted by atomic mass is 16.6. The number of unbranched alkanes of at least 4 members (excludes halogenated alkanes) is 2. The molecule has 0 aromatic heterocycles. The SMILES string of the molecule is CCCCNC(=O)C(c1cccc(O)c1)N(CCCC)C(=O)C(NC(=O)OC(C)(C)C)C(C)CC. The van der Waals surface area contributed by atoms with E-state index >= 15 is 0 Å². The molecule has 0 saturated heterocycles. The van der Waals surface area contributed by atoms with Gasteiger partial charge < -0.3 is 25.4 Å². The van der Waals surface area contributed by atoms with Crippen LogP contribution in [0.2, 0.25) is 0 Å². The fraction of sp³-hybridized carbons (Fsp3) is 0.667. The third kappa shape index (κ3) is 10.2. The van der Waals surface area contributed by atoms with Crippen LogP contribution in [0.1, 0.15) is 92.2 Å². The van der Waals surface area contributed by atoms with Crippen molar-refractivity contribution in [2.45, 2.75) is 98.3 Å². The predicted molar refractivity (Wildman–Crippen MR) is 138 cm³/mol. The number of carbonyl (C=O) groups excluding carboxylic acids is 3. The van der Waals surface area contributed by atoms with Gasteiger partial charge in [0.15, 0.2) is 0 Å². The lowest BCUT2D eigenvalue weighted by atomic mass is 9.95. The van der Waals surface area contributed by atoms with Gasteiger partial charge in [-0.05, 0) is 57.2 Å². The van der Waals surface area contributed by atoms with Gasteiger partial charge in [-0.3, -0.25) is 9.59 Å². The molecular formula is C27H45N3O5. The summed E-state index contributed by atoms with van der Waals surface area (Å²) < 4.78 is 5.41. The molecule has 1 aromatic carbocycles. The first-order chi connectivity index (χ1) is 16.4. The van der Waals surface area contributed by atoms with Gasteiger partial charge in [0, 0.05) is 13.1 Å². The summed E-state index contributed by atoms with van der Waals surface area (Å²) in [5.74, 6) is -0.833. The van der Waals surface area contributed by atoms with E-state index in [0.717, 1.165) is 19.3 Å². The first kappa shape index (κ1) is 30.3. The zero-order valence-electron chi connectivity index (χ0n) is 22.5. The molecule has 0 radical (unpaired) electrons. The highest BCUT2D eigenvalue weighted by Gasteiger charge is 2.37. The van der Waals surface area contributed by atoms with Crippen LogP contribution in [0.3, 0.4) is 0 Å². The number of benzene rings is 1. The fourth-order valence-electron chi connectivity index (χ4n) is 3.64. The molecular weight excluding hydrogens is 446 g/mol. The largest absolute Gasteiger partial charge is 0.508 e. The molecule has 3 unspecified atom stereocenters. The van der Waals surface area contributed by atoms with Crippen LogP contribution in [0.4, 0.5) is 4.79 Å². The van der Waals surface area contributed by atoms with Crippen LogP contribution in [0, 0.1) is 5.92 Å². The summed E-state index contributed by atoms with van der Waals surface area (Å²) in [7, 11) is 0. The maximum atomic E-state index is 14.0.